The number of hydrogen-bond acceptors (Lipinski definition) is 3. The van der Waals surface area contributed by atoms with Crippen molar-refractivity contribution in [3.8, 4) is 0 Å². The molecule has 4 nitrogen and oxygen atoms in total. The molecular formula is C21H22N2O2S. The normalized spacial score (nSPS) is 14.1. The Bertz CT molecular complexity index is 1130. The zero-order valence-corrected chi connectivity index (χ0v) is 16.3. The van der Waals surface area contributed by atoms with Gasteiger partial charge in [-0.1, -0.05) is 29.8 Å². The average Bonchev–Trinajstić information content (AvgIpc) is 2.94. The lowest BCUT2D eigenvalue weighted by Crippen LogP contribution is -2.31. The first-order chi connectivity index (χ1) is 12.3. The van der Waals surface area contributed by atoms with Crippen LogP contribution in [0.1, 0.15) is 27.8 Å². The van der Waals surface area contributed by atoms with Gasteiger partial charge in [-0.15, -0.1) is 0 Å². The van der Waals surface area contributed by atoms with Crippen LogP contribution in [0, 0.1) is 27.7 Å². The standard InChI is InChI=1S/C21H22N2O2S/c1-13-5-6-17-12-18-7-8-23(21(18)22-19(17)11-13)26(24,25)20-15(3)9-14(2)10-16(20)4/h5-6,9-12H,7-8H2,1-4H3. The molecule has 0 spiro atoms. The lowest BCUT2D eigenvalue weighted by molar-refractivity contribution is 0.590. The minimum absolute atomic E-state index is 0.405. The molecule has 3 aromatic rings. The molecule has 1 aliphatic rings. The van der Waals surface area contributed by atoms with Crippen molar-refractivity contribution >= 4 is 26.7 Å². The Labute approximate surface area is 154 Å². The number of sulfonamides is 1. The molecule has 2 heterocycles. The third kappa shape index (κ3) is 2.58. The summed E-state index contributed by atoms with van der Waals surface area (Å²) in [5.41, 5.74) is 5.58. The maximum absolute atomic E-state index is 13.4. The first-order valence-electron chi connectivity index (χ1n) is 8.78. The minimum Gasteiger partial charge on any atom is -0.249 e. The second kappa shape index (κ2) is 5.81. The Morgan fingerprint density at radius 3 is 2.31 bits per heavy atom. The smallest absolute Gasteiger partial charge is 0.249 e. The first-order valence-corrected chi connectivity index (χ1v) is 10.2. The van der Waals surface area contributed by atoms with Gasteiger partial charge in [0.2, 0.25) is 0 Å². The minimum atomic E-state index is -3.64. The molecule has 0 saturated heterocycles. The zero-order chi connectivity index (χ0) is 18.6. The number of aromatic nitrogens is 1. The molecule has 0 aliphatic carbocycles. The average molecular weight is 366 g/mol. The van der Waals surface area contributed by atoms with E-state index in [1.54, 1.807) is 0 Å². The Balaban J connectivity index is 1.89. The summed E-state index contributed by atoms with van der Waals surface area (Å²) in [4.78, 5) is 5.12. The maximum Gasteiger partial charge on any atom is 0.266 e. The van der Waals surface area contributed by atoms with E-state index in [4.69, 9.17) is 4.98 Å². The molecule has 0 amide bonds. The van der Waals surface area contributed by atoms with Gasteiger partial charge in [-0.25, -0.2) is 17.7 Å². The summed E-state index contributed by atoms with van der Waals surface area (Å²) in [7, 11) is -3.64. The van der Waals surface area contributed by atoms with Gasteiger partial charge in [0.15, 0.2) is 0 Å². The number of benzene rings is 2. The van der Waals surface area contributed by atoms with Gasteiger partial charge in [-0.3, -0.25) is 0 Å². The lowest BCUT2D eigenvalue weighted by atomic mass is 10.1. The largest absolute Gasteiger partial charge is 0.266 e. The Morgan fingerprint density at radius 1 is 0.923 bits per heavy atom. The highest BCUT2D eigenvalue weighted by Crippen LogP contribution is 2.35. The molecule has 0 fully saturated rings. The molecule has 0 radical (unpaired) electrons. The second-order valence-electron chi connectivity index (χ2n) is 7.22. The van der Waals surface area contributed by atoms with Crippen molar-refractivity contribution in [2.75, 3.05) is 10.8 Å². The molecule has 0 saturated carbocycles. The summed E-state index contributed by atoms with van der Waals surface area (Å²) in [5, 5.41) is 1.05. The monoisotopic (exact) mass is 366 g/mol. The predicted molar refractivity (Wildman–Crippen MR) is 105 cm³/mol. The summed E-state index contributed by atoms with van der Waals surface area (Å²) < 4.78 is 28.4. The molecule has 2 aromatic carbocycles. The third-order valence-corrected chi connectivity index (χ3v) is 7.10. The van der Waals surface area contributed by atoms with E-state index < -0.39 is 10.0 Å². The number of rotatable bonds is 2. The number of aryl methyl sites for hydroxylation is 4. The van der Waals surface area contributed by atoms with Crippen molar-refractivity contribution in [2.45, 2.75) is 39.0 Å². The summed E-state index contributed by atoms with van der Waals surface area (Å²) in [5.74, 6) is 0.572. The van der Waals surface area contributed by atoms with Crippen molar-refractivity contribution in [3.05, 3.63) is 64.2 Å². The summed E-state index contributed by atoms with van der Waals surface area (Å²) >= 11 is 0. The number of fused-ring (bicyclic) bond motifs is 2. The van der Waals surface area contributed by atoms with Crippen molar-refractivity contribution in [3.63, 3.8) is 0 Å². The van der Waals surface area contributed by atoms with Gasteiger partial charge in [0, 0.05) is 11.9 Å². The third-order valence-electron chi connectivity index (χ3n) is 5.00. The van der Waals surface area contributed by atoms with E-state index in [0.717, 1.165) is 38.7 Å². The van der Waals surface area contributed by atoms with E-state index in [1.165, 1.54) is 4.31 Å². The van der Waals surface area contributed by atoms with Crippen LogP contribution in [-0.4, -0.2) is 19.9 Å². The molecule has 26 heavy (non-hydrogen) atoms. The summed E-state index contributed by atoms with van der Waals surface area (Å²) in [6.07, 6.45) is 0.690. The molecule has 0 bridgehead atoms. The lowest BCUT2D eigenvalue weighted by Gasteiger charge is -2.22. The SMILES string of the molecule is Cc1cc(C)c(S(=O)(=O)N2CCc3cc4ccc(C)cc4nc32)c(C)c1. The highest BCUT2D eigenvalue weighted by Gasteiger charge is 2.34. The molecular weight excluding hydrogens is 344 g/mol. The Hall–Kier alpha value is -2.40. The molecule has 0 N–H and O–H groups in total. The van der Waals surface area contributed by atoms with Crippen molar-refractivity contribution in [1.82, 2.24) is 4.98 Å². The van der Waals surface area contributed by atoms with Crippen LogP contribution < -0.4 is 4.31 Å². The number of pyridine rings is 1. The summed E-state index contributed by atoms with van der Waals surface area (Å²) in [6.45, 7) is 8.16. The fraction of sp³-hybridized carbons (Fsp3) is 0.286. The van der Waals surface area contributed by atoms with E-state index in [-0.39, 0.29) is 0 Å². The van der Waals surface area contributed by atoms with Crippen LogP contribution >= 0.6 is 0 Å². The van der Waals surface area contributed by atoms with Crippen molar-refractivity contribution in [1.29, 1.82) is 0 Å². The zero-order valence-electron chi connectivity index (χ0n) is 15.5. The fourth-order valence-electron chi connectivity index (χ4n) is 3.96. The van der Waals surface area contributed by atoms with E-state index in [9.17, 15) is 8.42 Å². The van der Waals surface area contributed by atoms with Crippen LogP contribution in [0.5, 0.6) is 0 Å². The van der Waals surface area contributed by atoms with Crippen LogP contribution in [0.25, 0.3) is 10.9 Å². The predicted octanol–water partition coefficient (Wildman–Crippen LogP) is 4.22. The summed E-state index contributed by atoms with van der Waals surface area (Å²) in [6, 6.07) is 12.0. The number of hydrogen-bond donors (Lipinski definition) is 0. The van der Waals surface area contributed by atoms with Gasteiger partial charge in [0.1, 0.15) is 5.82 Å². The molecule has 0 atom stereocenters. The van der Waals surface area contributed by atoms with E-state index in [0.29, 0.717) is 23.7 Å². The quantitative estimate of drug-likeness (QED) is 0.682. The van der Waals surface area contributed by atoms with E-state index in [1.807, 2.05) is 52.0 Å². The molecule has 0 unspecified atom stereocenters. The highest BCUT2D eigenvalue weighted by atomic mass is 32.2. The van der Waals surface area contributed by atoms with Crippen LogP contribution in [0.4, 0.5) is 5.82 Å². The van der Waals surface area contributed by atoms with E-state index >= 15 is 0 Å². The van der Waals surface area contributed by atoms with Gasteiger partial charge in [-0.05, 0) is 68.5 Å². The second-order valence-corrected chi connectivity index (χ2v) is 9.02. The van der Waals surface area contributed by atoms with Crippen molar-refractivity contribution < 1.29 is 8.42 Å². The Kier molecular flexibility index (Phi) is 3.81. The van der Waals surface area contributed by atoms with E-state index in [2.05, 4.69) is 12.1 Å². The number of nitrogens with zero attached hydrogens (tertiary/aromatic N) is 2. The molecule has 4 rings (SSSR count). The molecule has 1 aromatic heterocycles. The topological polar surface area (TPSA) is 50.3 Å². The Morgan fingerprint density at radius 2 is 1.62 bits per heavy atom. The molecule has 1 aliphatic heterocycles. The number of anilines is 1. The van der Waals surface area contributed by atoms with Gasteiger partial charge < -0.3 is 0 Å². The van der Waals surface area contributed by atoms with Crippen LogP contribution in [-0.2, 0) is 16.4 Å². The first kappa shape index (κ1) is 17.0. The van der Waals surface area contributed by atoms with Crippen LogP contribution in [0.15, 0.2) is 41.3 Å². The van der Waals surface area contributed by atoms with Gasteiger partial charge in [-0.2, -0.15) is 0 Å². The van der Waals surface area contributed by atoms with Crippen LogP contribution in [0.3, 0.4) is 0 Å². The van der Waals surface area contributed by atoms with Crippen LogP contribution in [0.2, 0.25) is 0 Å². The molecule has 5 heteroatoms. The van der Waals surface area contributed by atoms with Gasteiger partial charge in [0.05, 0.1) is 10.4 Å². The van der Waals surface area contributed by atoms with Gasteiger partial charge in [0.25, 0.3) is 10.0 Å². The van der Waals surface area contributed by atoms with Crippen molar-refractivity contribution in [2.24, 2.45) is 0 Å². The fourth-order valence-corrected chi connectivity index (χ4v) is 5.83. The molecule has 134 valence electrons. The highest BCUT2D eigenvalue weighted by molar-refractivity contribution is 7.93. The van der Waals surface area contributed by atoms with Gasteiger partial charge >= 0.3 is 0 Å². The maximum atomic E-state index is 13.4.